The molecule has 3 saturated heterocycles. The molecular formula is C53H59FN8O7. The molecule has 0 aliphatic carbocycles. The van der Waals surface area contributed by atoms with Gasteiger partial charge in [-0.2, -0.15) is 19.9 Å². The Morgan fingerprint density at radius 2 is 1.14 bits per heavy atom. The Morgan fingerprint density at radius 3 is 1.78 bits per heavy atom. The average molecular weight is 939 g/mol. The van der Waals surface area contributed by atoms with Gasteiger partial charge in [-0.1, -0.05) is 36.4 Å². The highest BCUT2D eigenvalue weighted by Gasteiger charge is 2.21. The number of anilines is 4. The molecule has 69 heavy (non-hydrogen) atoms. The molecule has 0 amide bonds. The molecule has 1 N–H and O–H groups in total. The van der Waals surface area contributed by atoms with E-state index in [0.29, 0.717) is 69.6 Å². The summed E-state index contributed by atoms with van der Waals surface area (Å²) < 4.78 is 52.6. The number of ether oxygens (including phenoxy) is 7. The van der Waals surface area contributed by atoms with E-state index in [0.717, 1.165) is 121 Å². The van der Waals surface area contributed by atoms with Crippen LogP contribution in [0.4, 0.5) is 27.4 Å². The van der Waals surface area contributed by atoms with E-state index in [1.807, 2.05) is 48.5 Å². The van der Waals surface area contributed by atoms with Crippen molar-refractivity contribution >= 4 is 44.8 Å². The fraction of sp³-hybridized carbons (Fsp3) is 0.358. The molecular weight excluding hydrogens is 880 g/mol. The quantitative estimate of drug-likeness (QED) is 0.106. The van der Waals surface area contributed by atoms with Crippen LogP contribution in [0, 0.1) is 12.7 Å². The fourth-order valence-corrected chi connectivity index (χ4v) is 8.52. The number of halogens is 1. The summed E-state index contributed by atoms with van der Waals surface area (Å²) in [5, 5.41) is 5.43. The van der Waals surface area contributed by atoms with E-state index in [2.05, 4.69) is 62.3 Å². The highest BCUT2D eigenvalue weighted by atomic mass is 19.1. The zero-order valence-corrected chi connectivity index (χ0v) is 39.5. The van der Waals surface area contributed by atoms with Crippen LogP contribution in [0.15, 0.2) is 103 Å². The van der Waals surface area contributed by atoms with Crippen LogP contribution in [-0.4, -0.2) is 138 Å². The van der Waals surface area contributed by atoms with Crippen molar-refractivity contribution < 1.29 is 37.5 Å². The van der Waals surface area contributed by atoms with Gasteiger partial charge in [0.25, 0.3) is 0 Å². The molecule has 0 spiro atoms. The van der Waals surface area contributed by atoms with E-state index in [1.165, 1.54) is 17.7 Å². The molecule has 0 bridgehead atoms. The van der Waals surface area contributed by atoms with Crippen molar-refractivity contribution in [2.24, 2.45) is 0 Å². The van der Waals surface area contributed by atoms with Gasteiger partial charge in [-0.25, -0.2) is 4.39 Å². The van der Waals surface area contributed by atoms with Crippen LogP contribution in [-0.2, 0) is 20.6 Å². The van der Waals surface area contributed by atoms with Gasteiger partial charge >= 0.3 is 12.0 Å². The molecule has 360 valence electrons. The maximum Gasteiger partial charge on any atom is 0.318 e. The third-order valence-corrected chi connectivity index (χ3v) is 12.2. The smallest absolute Gasteiger partial charge is 0.318 e. The number of hydrogen-bond donors (Lipinski definition) is 1. The van der Waals surface area contributed by atoms with Crippen molar-refractivity contribution in [1.82, 2.24) is 24.8 Å². The molecule has 7 aromatic rings. The van der Waals surface area contributed by atoms with Gasteiger partial charge < -0.3 is 48.3 Å². The largest absolute Gasteiger partial charge is 0.493 e. The van der Waals surface area contributed by atoms with Crippen molar-refractivity contribution in [1.29, 1.82) is 0 Å². The second-order valence-electron chi connectivity index (χ2n) is 16.9. The van der Waals surface area contributed by atoms with Gasteiger partial charge in [0.1, 0.15) is 24.1 Å². The summed E-state index contributed by atoms with van der Waals surface area (Å²) in [5.74, 6) is 2.87. The van der Waals surface area contributed by atoms with E-state index < -0.39 is 0 Å². The SMILES string of the molecule is COc1ccc(CCOc2nc(N3CCOCC3)c3cc(Nc4cccc(C)c4)ccc3n2)cc1OC.Fc1ccc(-c2ccc3nc(OCCN4CCOCC4)nc(N4CCOCC4)c3c2)cc1. The molecule has 3 aliphatic rings. The molecule has 2 aromatic heterocycles. The first-order valence-electron chi connectivity index (χ1n) is 23.5. The lowest BCUT2D eigenvalue weighted by atomic mass is 10.0. The van der Waals surface area contributed by atoms with E-state index in [1.54, 1.807) is 26.4 Å². The molecule has 16 heteroatoms. The number of nitrogens with one attached hydrogen (secondary N) is 1. The topological polar surface area (TPSA) is 138 Å². The molecule has 3 fully saturated rings. The van der Waals surface area contributed by atoms with Gasteiger partial charge in [0.2, 0.25) is 0 Å². The predicted octanol–water partition coefficient (Wildman–Crippen LogP) is 8.14. The number of benzene rings is 5. The molecule has 0 unspecified atom stereocenters. The normalized spacial score (nSPS) is 15.4. The van der Waals surface area contributed by atoms with Gasteiger partial charge in [-0.15, -0.1) is 0 Å². The van der Waals surface area contributed by atoms with Crippen molar-refractivity contribution in [2.45, 2.75) is 13.3 Å². The van der Waals surface area contributed by atoms with Crippen LogP contribution in [0.25, 0.3) is 32.9 Å². The van der Waals surface area contributed by atoms with Gasteiger partial charge in [0, 0.05) is 74.4 Å². The summed E-state index contributed by atoms with van der Waals surface area (Å²) in [6.07, 6.45) is 0.688. The van der Waals surface area contributed by atoms with Gasteiger partial charge in [0.05, 0.1) is 71.5 Å². The van der Waals surface area contributed by atoms with E-state index in [-0.39, 0.29) is 5.82 Å². The molecule has 0 saturated carbocycles. The second-order valence-corrected chi connectivity index (χ2v) is 16.9. The van der Waals surface area contributed by atoms with Crippen molar-refractivity contribution in [3.05, 3.63) is 120 Å². The van der Waals surface area contributed by atoms with Crippen LogP contribution >= 0.6 is 0 Å². The first-order chi connectivity index (χ1) is 33.9. The molecule has 10 rings (SSSR count). The first-order valence-corrected chi connectivity index (χ1v) is 23.5. The second kappa shape index (κ2) is 23.0. The number of hydrogen-bond acceptors (Lipinski definition) is 15. The zero-order chi connectivity index (χ0) is 47.4. The molecule has 5 aromatic carbocycles. The lowest BCUT2D eigenvalue weighted by Gasteiger charge is -2.29. The predicted molar refractivity (Wildman–Crippen MR) is 266 cm³/mol. The zero-order valence-electron chi connectivity index (χ0n) is 39.5. The Morgan fingerprint density at radius 1 is 0.565 bits per heavy atom. The summed E-state index contributed by atoms with van der Waals surface area (Å²) in [6.45, 7) is 13.0. The monoisotopic (exact) mass is 938 g/mol. The number of aromatic nitrogens is 4. The standard InChI is InChI=1S/C29H32N4O4.C24H27FN4O3/c1-20-5-4-6-22(17-20)30-23-8-9-25-24(19-23)28(33-12-15-36-16-13-33)32-29(31-25)37-14-11-21-7-10-26(34-2)27(18-21)35-3;25-20-4-1-18(2-5-20)19-3-6-22-21(17-19)23(29-10-14-31-15-11-29)27-24(26-22)32-16-9-28-7-12-30-13-8-28/h4-10,17-19,30H,11-16H2,1-3H3;1-6,17H,7-16H2. The first kappa shape index (κ1) is 47.2. The molecule has 15 nitrogen and oxygen atoms in total. The van der Waals surface area contributed by atoms with Gasteiger partial charge in [-0.3, -0.25) is 4.90 Å². The van der Waals surface area contributed by atoms with Crippen LogP contribution in [0.3, 0.4) is 0 Å². The fourth-order valence-electron chi connectivity index (χ4n) is 8.52. The maximum atomic E-state index is 13.4. The van der Waals surface area contributed by atoms with Crippen LogP contribution in [0.2, 0.25) is 0 Å². The minimum Gasteiger partial charge on any atom is -0.493 e. The number of nitrogens with zero attached hydrogens (tertiary/aromatic N) is 7. The summed E-state index contributed by atoms with van der Waals surface area (Å²) in [5.41, 5.74) is 7.93. The maximum absolute atomic E-state index is 13.4. The molecule has 0 radical (unpaired) electrons. The van der Waals surface area contributed by atoms with Crippen molar-refractivity contribution in [3.63, 3.8) is 0 Å². The van der Waals surface area contributed by atoms with Gasteiger partial charge in [0.15, 0.2) is 11.5 Å². The highest BCUT2D eigenvalue weighted by Crippen LogP contribution is 2.33. The Hall–Kier alpha value is -6.85. The number of rotatable bonds is 15. The number of fused-ring (bicyclic) bond motifs is 2. The minimum absolute atomic E-state index is 0.245. The van der Waals surface area contributed by atoms with Crippen molar-refractivity contribution in [2.75, 3.05) is 128 Å². The minimum atomic E-state index is -0.245. The third kappa shape index (κ3) is 12.3. The lowest BCUT2D eigenvalue weighted by Crippen LogP contribution is -2.39. The van der Waals surface area contributed by atoms with E-state index in [9.17, 15) is 4.39 Å². The Balaban J connectivity index is 0.000000174. The Labute approximate surface area is 402 Å². The lowest BCUT2D eigenvalue weighted by molar-refractivity contribution is 0.0317. The van der Waals surface area contributed by atoms with Crippen molar-refractivity contribution in [3.8, 4) is 34.6 Å². The number of aryl methyl sites for hydroxylation is 1. The van der Waals surface area contributed by atoms with E-state index in [4.69, 9.17) is 48.1 Å². The summed E-state index contributed by atoms with van der Waals surface area (Å²) in [4.78, 5) is 25.8. The highest BCUT2D eigenvalue weighted by molar-refractivity contribution is 5.94. The summed E-state index contributed by atoms with van der Waals surface area (Å²) in [7, 11) is 3.27. The van der Waals surface area contributed by atoms with Crippen LogP contribution in [0.5, 0.6) is 23.5 Å². The summed E-state index contributed by atoms with van der Waals surface area (Å²) >= 11 is 0. The van der Waals surface area contributed by atoms with E-state index >= 15 is 0 Å². The molecule has 5 heterocycles. The average Bonchev–Trinajstić information content (AvgIpc) is 3.39. The molecule has 0 atom stereocenters. The summed E-state index contributed by atoms with van der Waals surface area (Å²) in [6, 6.07) is 33.7. The Bertz CT molecular complexity index is 2800. The van der Waals surface area contributed by atoms with Crippen LogP contribution < -0.4 is 34.1 Å². The number of morpholine rings is 3. The number of methoxy groups -OCH3 is 2. The molecule has 3 aliphatic heterocycles. The third-order valence-electron chi connectivity index (χ3n) is 12.2. The Kier molecular flexibility index (Phi) is 15.7. The van der Waals surface area contributed by atoms with Crippen LogP contribution in [0.1, 0.15) is 11.1 Å². The van der Waals surface area contributed by atoms with Gasteiger partial charge in [-0.05, 0) is 95.9 Å².